The number of nitrogens with zero attached hydrogens (tertiary/aromatic N) is 1. The molecule has 2 atom stereocenters. The minimum Gasteiger partial charge on any atom is -0.490 e. The molecule has 0 aliphatic carbocycles. The second-order valence-corrected chi connectivity index (χ2v) is 8.22. The average Bonchev–Trinajstić information content (AvgIpc) is 2.85. The van der Waals surface area contributed by atoms with Gasteiger partial charge in [0.25, 0.3) is 0 Å². The molecule has 0 amide bonds. The maximum Gasteiger partial charge on any atom is 0.167 e. The molecule has 1 saturated heterocycles. The molecule has 1 aliphatic heterocycles. The van der Waals surface area contributed by atoms with E-state index in [1.165, 1.54) is 12.1 Å². The zero-order valence-electron chi connectivity index (χ0n) is 18.4. The molecule has 33 heavy (non-hydrogen) atoms. The maximum atomic E-state index is 13.8. The number of rotatable bonds is 9. The van der Waals surface area contributed by atoms with Crippen molar-refractivity contribution in [1.82, 2.24) is 5.32 Å². The molecular weight excluding hydrogens is 422 g/mol. The van der Waals surface area contributed by atoms with Crippen molar-refractivity contribution >= 4 is 12.0 Å². The van der Waals surface area contributed by atoms with Crippen LogP contribution in [0.1, 0.15) is 29.9 Å². The Labute approximate surface area is 193 Å². The molecule has 1 fully saturated rings. The summed E-state index contributed by atoms with van der Waals surface area (Å²) in [5.74, 6) is -1.20. The van der Waals surface area contributed by atoms with Crippen LogP contribution in [0.2, 0.25) is 0 Å². The third kappa shape index (κ3) is 5.76. The zero-order chi connectivity index (χ0) is 23.0. The normalized spacial score (nSPS) is 16.9. The summed E-state index contributed by atoms with van der Waals surface area (Å²) < 4.78 is 32.5. The molecule has 2 unspecified atom stereocenters. The number of benzene rings is 3. The lowest BCUT2D eigenvalue weighted by Gasteiger charge is -2.38. The van der Waals surface area contributed by atoms with Gasteiger partial charge in [-0.25, -0.2) is 8.78 Å². The van der Waals surface area contributed by atoms with Crippen molar-refractivity contribution in [2.75, 3.05) is 31.1 Å². The highest BCUT2D eigenvalue weighted by Gasteiger charge is 2.23. The number of carbonyl (C=O) groups excluding carboxylic acids is 1. The minimum atomic E-state index is -0.687. The van der Waals surface area contributed by atoms with Gasteiger partial charge in [0, 0.05) is 56.2 Å². The number of anilines is 1. The standard InChI is InChI=1S/C27H28F2N2O2/c28-22-8-11-27(26(29)18-22)33-17-13-24-19-30-14-15-31(24)23-9-6-21(7-10-23)25(12-16-32)20-4-2-1-3-5-20/h1-11,16,18,24-25,30H,12-15,17,19H2. The Morgan fingerprint density at radius 2 is 1.79 bits per heavy atom. The number of halogens is 2. The molecule has 1 N–H and O–H groups in total. The van der Waals surface area contributed by atoms with E-state index in [2.05, 4.69) is 46.6 Å². The van der Waals surface area contributed by atoms with Gasteiger partial charge in [0.05, 0.1) is 6.61 Å². The van der Waals surface area contributed by atoms with Crippen molar-refractivity contribution in [2.24, 2.45) is 0 Å². The largest absolute Gasteiger partial charge is 0.490 e. The number of aldehydes is 1. The Balaban J connectivity index is 1.43. The fraction of sp³-hybridized carbons (Fsp3) is 0.296. The van der Waals surface area contributed by atoms with E-state index in [0.717, 1.165) is 48.8 Å². The van der Waals surface area contributed by atoms with Crippen LogP contribution in [-0.4, -0.2) is 38.6 Å². The van der Waals surface area contributed by atoms with Crippen LogP contribution < -0.4 is 15.0 Å². The monoisotopic (exact) mass is 450 g/mol. The van der Waals surface area contributed by atoms with Crippen molar-refractivity contribution in [3.63, 3.8) is 0 Å². The van der Waals surface area contributed by atoms with Crippen molar-refractivity contribution in [1.29, 1.82) is 0 Å². The number of carbonyl (C=O) groups is 1. The first-order valence-electron chi connectivity index (χ1n) is 11.3. The second kappa shape index (κ2) is 11.1. The summed E-state index contributed by atoms with van der Waals surface area (Å²) in [5, 5.41) is 3.41. The molecule has 3 aromatic carbocycles. The minimum absolute atomic E-state index is 0.0376. The highest BCUT2D eigenvalue weighted by molar-refractivity contribution is 5.56. The molecule has 3 aromatic rings. The first-order valence-corrected chi connectivity index (χ1v) is 11.3. The van der Waals surface area contributed by atoms with Gasteiger partial charge >= 0.3 is 0 Å². The lowest BCUT2D eigenvalue weighted by Crippen LogP contribution is -2.52. The number of nitrogens with one attached hydrogen (secondary N) is 1. The van der Waals surface area contributed by atoms with Crippen LogP contribution in [0.5, 0.6) is 5.75 Å². The highest BCUT2D eigenvalue weighted by atomic mass is 19.1. The summed E-state index contributed by atoms with van der Waals surface area (Å²) in [7, 11) is 0. The van der Waals surface area contributed by atoms with Gasteiger partial charge in [-0.2, -0.15) is 0 Å². The lowest BCUT2D eigenvalue weighted by molar-refractivity contribution is -0.108. The van der Waals surface area contributed by atoms with E-state index in [1.54, 1.807) is 0 Å². The molecule has 0 aromatic heterocycles. The fourth-order valence-corrected chi connectivity index (χ4v) is 4.40. The summed E-state index contributed by atoms with van der Waals surface area (Å²) in [6.07, 6.45) is 2.11. The average molecular weight is 451 g/mol. The molecule has 0 saturated carbocycles. The lowest BCUT2D eigenvalue weighted by atomic mass is 9.89. The van der Waals surface area contributed by atoms with E-state index in [-0.39, 0.29) is 17.7 Å². The zero-order valence-corrected chi connectivity index (χ0v) is 18.4. The topological polar surface area (TPSA) is 41.6 Å². The van der Waals surface area contributed by atoms with Crippen LogP contribution in [0.3, 0.4) is 0 Å². The highest BCUT2D eigenvalue weighted by Crippen LogP contribution is 2.30. The molecule has 6 heteroatoms. The number of hydrogen-bond acceptors (Lipinski definition) is 4. The Morgan fingerprint density at radius 1 is 1.03 bits per heavy atom. The van der Waals surface area contributed by atoms with Gasteiger partial charge < -0.3 is 19.7 Å². The van der Waals surface area contributed by atoms with Crippen molar-refractivity contribution in [2.45, 2.75) is 24.8 Å². The number of piperazine rings is 1. The van der Waals surface area contributed by atoms with Gasteiger partial charge in [0.2, 0.25) is 0 Å². The predicted octanol–water partition coefficient (Wildman–Crippen LogP) is 4.93. The Kier molecular flexibility index (Phi) is 7.68. The summed E-state index contributed by atoms with van der Waals surface area (Å²) in [6, 6.07) is 22.0. The van der Waals surface area contributed by atoms with Crippen LogP contribution >= 0.6 is 0 Å². The second-order valence-electron chi connectivity index (χ2n) is 8.22. The van der Waals surface area contributed by atoms with Crippen LogP contribution in [-0.2, 0) is 4.79 Å². The summed E-state index contributed by atoms with van der Waals surface area (Å²) >= 11 is 0. The first kappa shape index (κ1) is 22.9. The fourth-order valence-electron chi connectivity index (χ4n) is 4.40. The SMILES string of the molecule is O=CCC(c1ccccc1)c1ccc(N2CCNCC2CCOc2ccc(F)cc2F)cc1. The van der Waals surface area contributed by atoms with Gasteiger partial charge in [-0.3, -0.25) is 0 Å². The molecule has 4 nitrogen and oxygen atoms in total. The Hall–Kier alpha value is -3.25. The Bertz CT molecular complexity index is 1040. The molecule has 0 spiro atoms. The summed E-state index contributed by atoms with van der Waals surface area (Å²) in [6.45, 7) is 2.86. The smallest absolute Gasteiger partial charge is 0.167 e. The van der Waals surface area contributed by atoms with Crippen molar-refractivity contribution in [3.8, 4) is 5.75 Å². The van der Waals surface area contributed by atoms with Crippen molar-refractivity contribution in [3.05, 3.63) is 95.6 Å². The van der Waals surface area contributed by atoms with E-state index < -0.39 is 11.6 Å². The van der Waals surface area contributed by atoms with E-state index >= 15 is 0 Å². The third-order valence-electron chi connectivity index (χ3n) is 6.11. The van der Waals surface area contributed by atoms with Gasteiger partial charge in [-0.1, -0.05) is 42.5 Å². The van der Waals surface area contributed by atoms with E-state index in [1.807, 2.05) is 18.2 Å². The third-order valence-corrected chi connectivity index (χ3v) is 6.11. The summed E-state index contributed by atoms with van der Waals surface area (Å²) in [4.78, 5) is 13.6. The summed E-state index contributed by atoms with van der Waals surface area (Å²) in [5.41, 5.74) is 3.34. The first-order chi connectivity index (χ1) is 16.2. The van der Waals surface area contributed by atoms with E-state index in [0.29, 0.717) is 19.4 Å². The van der Waals surface area contributed by atoms with Gasteiger partial charge in [0.15, 0.2) is 11.6 Å². The molecule has 172 valence electrons. The van der Waals surface area contributed by atoms with Crippen LogP contribution in [0, 0.1) is 11.6 Å². The molecular formula is C27H28F2N2O2. The molecule has 0 bridgehead atoms. The molecule has 0 radical (unpaired) electrons. The number of ether oxygens (including phenoxy) is 1. The van der Waals surface area contributed by atoms with Gasteiger partial charge in [-0.05, 0) is 35.4 Å². The number of hydrogen-bond donors (Lipinski definition) is 1. The van der Waals surface area contributed by atoms with Crippen molar-refractivity contribution < 1.29 is 18.3 Å². The van der Waals surface area contributed by atoms with Crippen LogP contribution in [0.15, 0.2) is 72.8 Å². The van der Waals surface area contributed by atoms with E-state index in [9.17, 15) is 13.6 Å². The maximum absolute atomic E-state index is 13.8. The molecule has 1 heterocycles. The van der Waals surface area contributed by atoms with E-state index in [4.69, 9.17) is 4.74 Å². The van der Waals surface area contributed by atoms with Gasteiger partial charge in [0.1, 0.15) is 12.1 Å². The van der Waals surface area contributed by atoms with Crippen LogP contribution in [0.25, 0.3) is 0 Å². The van der Waals surface area contributed by atoms with Gasteiger partial charge in [-0.15, -0.1) is 0 Å². The Morgan fingerprint density at radius 3 is 2.52 bits per heavy atom. The molecule has 4 rings (SSSR count). The quantitative estimate of drug-likeness (QED) is 0.469. The van der Waals surface area contributed by atoms with Crippen LogP contribution in [0.4, 0.5) is 14.5 Å². The molecule has 1 aliphatic rings. The predicted molar refractivity (Wildman–Crippen MR) is 126 cm³/mol.